The molecule has 0 aromatic carbocycles. The van der Waals surface area contributed by atoms with E-state index in [1.807, 2.05) is 0 Å². The number of ether oxygens (including phenoxy) is 1. The Balaban J connectivity index is 2.23. The second-order valence-electron chi connectivity index (χ2n) is 2.89. The van der Waals surface area contributed by atoms with Gasteiger partial charge in [0.15, 0.2) is 0 Å². The maximum absolute atomic E-state index is 10.3. The number of carboxylic acids is 1. The zero-order valence-corrected chi connectivity index (χ0v) is 6.41. The molecule has 1 fully saturated rings. The Labute approximate surface area is 65.3 Å². The highest BCUT2D eigenvalue weighted by atomic mass is 16.5. The molecule has 2 atom stereocenters. The summed E-state index contributed by atoms with van der Waals surface area (Å²) in [4.78, 5) is 10.3. The third kappa shape index (κ3) is 2.48. The molecule has 4 nitrogen and oxygen atoms in total. The number of carbonyl (C=O) groups excluding carboxylic acids is 1. The normalized spacial score (nSPS) is 26.8. The first-order valence-corrected chi connectivity index (χ1v) is 3.85. The van der Waals surface area contributed by atoms with E-state index in [-0.39, 0.29) is 6.10 Å². The third-order valence-electron chi connectivity index (χ3n) is 1.90. The van der Waals surface area contributed by atoms with Gasteiger partial charge >= 0.3 is 0 Å². The average Bonchev–Trinajstić information content (AvgIpc) is 2.39. The molecule has 0 bridgehead atoms. The Bertz CT molecular complexity index is 143. The van der Waals surface area contributed by atoms with Gasteiger partial charge in [-0.05, 0) is 12.8 Å². The molecular weight excluding hydrogens is 146 g/mol. The van der Waals surface area contributed by atoms with E-state index in [9.17, 15) is 9.90 Å². The first-order valence-electron chi connectivity index (χ1n) is 3.85. The van der Waals surface area contributed by atoms with Crippen molar-refractivity contribution in [1.29, 1.82) is 0 Å². The van der Waals surface area contributed by atoms with Crippen LogP contribution in [0.25, 0.3) is 0 Å². The van der Waals surface area contributed by atoms with Crippen LogP contribution in [0.4, 0.5) is 0 Å². The van der Waals surface area contributed by atoms with Crippen LogP contribution in [0.15, 0.2) is 0 Å². The average molecular weight is 159 g/mol. The van der Waals surface area contributed by atoms with Crippen molar-refractivity contribution in [3.8, 4) is 0 Å². The molecule has 0 amide bonds. The Morgan fingerprint density at radius 3 is 3.00 bits per heavy atom. The van der Waals surface area contributed by atoms with Crippen molar-refractivity contribution in [2.24, 2.45) is 0 Å². The van der Waals surface area contributed by atoms with Gasteiger partial charge in [0.05, 0.1) is 12.1 Å². The Hall–Kier alpha value is -0.610. The molecule has 3 N–H and O–H groups in total. The highest BCUT2D eigenvalue weighted by Crippen LogP contribution is 2.15. The van der Waals surface area contributed by atoms with E-state index in [1.54, 1.807) is 0 Å². The molecule has 1 heterocycles. The lowest BCUT2D eigenvalue weighted by atomic mass is 10.1. The lowest BCUT2D eigenvalue weighted by Crippen LogP contribution is -2.69. The van der Waals surface area contributed by atoms with Crippen LogP contribution >= 0.6 is 0 Å². The summed E-state index contributed by atoms with van der Waals surface area (Å²) in [5.74, 6) is -1.08. The summed E-state index contributed by atoms with van der Waals surface area (Å²) in [6.07, 6.45) is 2.57. The molecule has 4 heteroatoms. The minimum absolute atomic E-state index is 0.0930. The van der Waals surface area contributed by atoms with Gasteiger partial charge in [-0.3, -0.25) is 0 Å². The Morgan fingerprint density at radius 2 is 2.55 bits per heavy atom. The first kappa shape index (κ1) is 8.49. The van der Waals surface area contributed by atoms with Crippen molar-refractivity contribution in [3.63, 3.8) is 0 Å². The second-order valence-corrected chi connectivity index (χ2v) is 2.89. The van der Waals surface area contributed by atoms with E-state index in [1.165, 1.54) is 0 Å². The van der Waals surface area contributed by atoms with Gasteiger partial charge in [-0.1, -0.05) is 0 Å². The minimum Gasteiger partial charge on any atom is -0.544 e. The van der Waals surface area contributed by atoms with Gasteiger partial charge in [0.25, 0.3) is 0 Å². The molecule has 1 aliphatic heterocycles. The van der Waals surface area contributed by atoms with E-state index < -0.39 is 12.0 Å². The minimum atomic E-state index is -1.08. The van der Waals surface area contributed by atoms with Gasteiger partial charge in [-0.25, -0.2) is 0 Å². The third-order valence-corrected chi connectivity index (χ3v) is 1.90. The molecule has 1 aliphatic rings. The quantitative estimate of drug-likeness (QED) is 0.513. The van der Waals surface area contributed by atoms with Gasteiger partial charge in [-0.2, -0.15) is 0 Å². The van der Waals surface area contributed by atoms with Crippen LogP contribution in [0.5, 0.6) is 0 Å². The number of carbonyl (C=O) groups is 1. The van der Waals surface area contributed by atoms with Crippen molar-refractivity contribution >= 4 is 5.97 Å². The zero-order chi connectivity index (χ0) is 8.27. The van der Waals surface area contributed by atoms with E-state index in [4.69, 9.17) is 4.74 Å². The maximum atomic E-state index is 10.3. The summed E-state index contributed by atoms with van der Waals surface area (Å²) >= 11 is 0. The summed E-state index contributed by atoms with van der Waals surface area (Å²) in [6, 6.07) is -0.627. The molecule has 64 valence electrons. The first-order chi connectivity index (χ1) is 5.20. The topological polar surface area (TPSA) is 77.0 Å². The predicted molar refractivity (Wildman–Crippen MR) is 35.3 cm³/mol. The predicted octanol–water partition coefficient (Wildman–Crippen LogP) is -2.08. The molecule has 0 saturated carbocycles. The molecule has 1 rings (SSSR count). The number of carboxylic acid groups (broad SMARTS) is 1. The van der Waals surface area contributed by atoms with Crippen LogP contribution in [-0.4, -0.2) is 24.7 Å². The van der Waals surface area contributed by atoms with Crippen LogP contribution < -0.4 is 10.8 Å². The van der Waals surface area contributed by atoms with Crippen molar-refractivity contribution in [2.45, 2.75) is 31.4 Å². The van der Waals surface area contributed by atoms with E-state index in [2.05, 4.69) is 5.73 Å². The van der Waals surface area contributed by atoms with Gasteiger partial charge in [0.2, 0.25) is 0 Å². The number of quaternary nitrogens is 1. The van der Waals surface area contributed by atoms with E-state index >= 15 is 0 Å². The molecule has 0 spiro atoms. The highest BCUT2D eigenvalue weighted by Gasteiger charge is 2.20. The lowest BCUT2D eigenvalue weighted by Gasteiger charge is -2.13. The fraction of sp³-hybridized carbons (Fsp3) is 0.857. The van der Waals surface area contributed by atoms with Crippen molar-refractivity contribution in [2.75, 3.05) is 6.61 Å². The Morgan fingerprint density at radius 1 is 1.82 bits per heavy atom. The summed E-state index contributed by atoms with van der Waals surface area (Å²) in [5, 5.41) is 10.3. The molecule has 11 heavy (non-hydrogen) atoms. The SMILES string of the molecule is [NH3+][C@H](C[C@@H]1CCCO1)C(=O)[O-]. The highest BCUT2D eigenvalue weighted by molar-refractivity contribution is 5.69. The van der Waals surface area contributed by atoms with Crippen molar-refractivity contribution < 1.29 is 20.4 Å². The molecule has 0 aliphatic carbocycles. The summed E-state index contributed by atoms with van der Waals surface area (Å²) in [5.41, 5.74) is 3.46. The van der Waals surface area contributed by atoms with Crippen molar-refractivity contribution in [1.82, 2.24) is 0 Å². The standard InChI is InChI=1S/C7H13NO3/c8-6(7(9)10)4-5-2-1-3-11-5/h5-6H,1-4,8H2,(H,9,10)/t5-,6+/m0/s1. The summed E-state index contributed by atoms with van der Waals surface area (Å²) < 4.78 is 5.24. The van der Waals surface area contributed by atoms with Crippen LogP contribution in [0.2, 0.25) is 0 Å². The maximum Gasteiger partial charge on any atom is 0.127 e. The van der Waals surface area contributed by atoms with Crippen LogP contribution in [0, 0.1) is 0 Å². The summed E-state index contributed by atoms with van der Waals surface area (Å²) in [6.45, 7) is 0.754. The smallest absolute Gasteiger partial charge is 0.127 e. The van der Waals surface area contributed by atoms with Crippen molar-refractivity contribution in [3.05, 3.63) is 0 Å². The van der Waals surface area contributed by atoms with Gasteiger partial charge in [0, 0.05) is 13.0 Å². The van der Waals surface area contributed by atoms with Crippen LogP contribution in [-0.2, 0) is 9.53 Å². The molecule has 0 aromatic rings. The lowest BCUT2D eigenvalue weighted by molar-refractivity contribution is -0.440. The molecule has 0 radical (unpaired) electrons. The van der Waals surface area contributed by atoms with Crippen LogP contribution in [0.3, 0.4) is 0 Å². The van der Waals surface area contributed by atoms with Crippen LogP contribution in [0.1, 0.15) is 19.3 Å². The summed E-state index contributed by atoms with van der Waals surface area (Å²) in [7, 11) is 0. The molecule has 0 unspecified atom stereocenters. The number of hydrogen-bond acceptors (Lipinski definition) is 3. The van der Waals surface area contributed by atoms with Gasteiger partial charge < -0.3 is 20.4 Å². The largest absolute Gasteiger partial charge is 0.544 e. The van der Waals surface area contributed by atoms with E-state index in [0.717, 1.165) is 19.4 Å². The molecule has 0 aromatic heterocycles. The van der Waals surface area contributed by atoms with Gasteiger partial charge in [0.1, 0.15) is 6.04 Å². The second kappa shape index (κ2) is 3.69. The fourth-order valence-corrected chi connectivity index (χ4v) is 1.24. The zero-order valence-electron chi connectivity index (χ0n) is 6.41. The van der Waals surface area contributed by atoms with Gasteiger partial charge in [-0.15, -0.1) is 0 Å². The van der Waals surface area contributed by atoms with E-state index in [0.29, 0.717) is 6.42 Å². The Kier molecular flexibility index (Phi) is 2.84. The monoisotopic (exact) mass is 159 g/mol. The molecular formula is C7H13NO3. The number of hydrogen-bond donors (Lipinski definition) is 1. The molecule has 1 saturated heterocycles. The number of aliphatic carboxylic acids is 1. The number of rotatable bonds is 3. The fourth-order valence-electron chi connectivity index (χ4n) is 1.24.